The molecule has 0 aliphatic carbocycles. The van der Waals surface area contributed by atoms with E-state index in [4.69, 9.17) is 4.74 Å². The summed E-state index contributed by atoms with van der Waals surface area (Å²) in [6, 6.07) is 3.75. The van der Waals surface area contributed by atoms with Gasteiger partial charge in [0.2, 0.25) is 5.88 Å². The van der Waals surface area contributed by atoms with Crippen molar-refractivity contribution in [2.45, 2.75) is 26.7 Å². The van der Waals surface area contributed by atoms with E-state index in [1.54, 1.807) is 12.5 Å². The van der Waals surface area contributed by atoms with E-state index in [-0.39, 0.29) is 12.5 Å². The molecule has 0 radical (unpaired) electrons. The number of hydrogen-bond acceptors (Lipinski definition) is 7. The van der Waals surface area contributed by atoms with Gasteiger partial charge in [0, 0.05) is 38.4 Å². The van der Waals surface area contributed by atoms with E-state index in [2.05, 4.69) is 24.8 Å². The zero-order chi connectivity index (χ0) is 19.5. The van der Waals surface area contributed by atoms with Crippen molar-refractivity contribution in [3.05, 3.63) is 35.9 Å². The monoisotopic (exact) mass is 383 g/mol. The first-order valence-electron chi connectivity index (χ1n) is 10.1. The molecule has 2 atom stereocenters. The Morgan fingerprint density at radius 3 is 2.64 bits per heavy atom. The zero-order valence-electron chi connectivity index (χ0n) is 16.7. The van der Waals surface area contributed by atoms with Crippen LogP contribution in [0, 0.1) is 25.7 Å². The lowest BCUT2D eigenvalue weighted by atomic mass is 9.96. The summed E-state index contributed by atoms with van der Waals surface area (Å²) in [6.07, 6.45) is 5.89. The number of aliphatic hydroxyl groups excluding tert-OH is 1. The second-order valence-corrected chi connectivity index (χ2v) is 7.93. The van der Waals surface area contributed by atoms with Crippen LogP contribution in [0.1, 0.15) is 24.1 Å². The minimum atomic E-state index is 0.220. The Hall–Kier alpha value is -2.25. The number of nitrogens with zero attached hydrogens (tertiary/aromatic N) is 5. The predicted molar refractivity (Wildman–Crippen MR) is 108 cm³/mol. The highest BCUT2D eigenvalue weighted by molar-refractivity contribution is 5.52. The molecule has 150 valence electrons. The normalized spacial score (nSPS) is 22.8. The Labute approximate surface area is 166 Å². The summed E-state index contributed by atoms with van der Waals surface area (Å²) < 4.78 is 6.03. The first-order chi connectivity index (χ1) is 13.7. The topological polar surface area (TPSA) is 74.6 Å². The summed E-state index contributed by atoms with van der Waals surface area (Å²) >= 11 is 0. The van der Waals surface area contributed by atoms with Crippen molar-refractivity contribution in [1.29, 1.82) is 0 Å². The average molecular weight is 383 g/mol. The van der Waals surface area contributed by atoms with E-state index in [0.717, 1.165) is 36.7 Å². The van der Waals surface area contributed by atoms with Crippen molar-refractivity contribution in [1.82, 2.24) is 19.9 Å². The number of aryl methyl sites for hydroxylation is 1. The highest BCUT2D eigenvalue weighted by Crippen LogP contribution is 2.34. The second-order valence-electron chi connectivity index (χ2n) is 7.93. The van der Waals surface area contributed by atoms with Crippen molar-refractivity contribution in [2.24, 2.45) is 11.8 Å². The molecule has 7 heteroatoms. The van der Waals surface area contributed by atoms with Gasteiger partial charge in [0.25, 0.3) is 0 Å². The predicted octanol–water partition coefficient (Wildman–Crippen LogP) is 2.42. The van der Waals surface area contributed by atoms with Gasteiger partial charge in [-0.1, -0.05) is 0 Å². The van der Waals surface area contributed by atoms with Crippen LogP contribution in [0.2, 0.25) is 0 Å². The number of pyridine rings is 1. The first kappa shape index (κ1) is 19.1. The van der Waals surface area contributed by atoms with Gasteiger partial charge in [0.05, 0.1) is 11.3 Å². The lowest BCUT2D eigenvalue weighted by molar-refractivity contribution is 0.176. The Balaban J connectivity index is 1.51. The maximum absolute atomic E-state index is 9.91. The maximum Gasteiger partial charge on any atom is 0.227 e. The molecule has 0 saturated carbocycles. The number of hydrogen-bond donors (Lipinski definition) is 1. The SMILES string of the molecule is Cc1ncccc1Oc1ncnc(N2C[C@@H](CN3CCCC3)[C@@H](CO)C2)c1C. The molecule has 2 aliphatic rings. The highest BCUT2D eigenvalue weighted by Gasteiger charge is 2.35. The fraction of sp³-hybridized carbons (Fsp3) is 0.571. The lowest BCUT2D eigenvalue weighted by Gasteiger charge is -2.23. The number of likely N-dealkylation sites (tertiary alicyclic amines) is 1. The summed E-state index contributed by atoms with van der Waals surface area (Å²) in [6.45, 7) is 9.29. The molecule has 0 unspecified atom stereocenters. The molecule has 0 aromatic carbocycles. The molecule has 28 heavy (non-hydrogen) atoms. The molecular weight excluding hydrogens is 354 g/mol. The summed E-state index contributed by atoms with van der Waals surface area (Å²) in [5.41, 5.74) is 1.75. The van der Waals surface area contributed by atoms with Crippen LogP contribution in [0.4, 0.5) is 5.82 Å². The minimum Gasteiger partial charge on any atom is -0.437 e. The summed E-state index contributed by atoms with van der Waals surface area (Å²) in [7, 11) is 0. The number of ether oxygens (including phenoxy) is 1. The van der Waals surface area contributed by atoms with E-state index < -0.39 is 0 Å². The van der Waals surface area contributed by atoms with Gasteiger partial charge < -0.3 is 19.6 Å². The third-order valence-electron chi connectivity index (χ3n) is 5.98. The standard InChI is InChI=1S/C21H29N5O2/c1-15-20(23-14-24-21(15)28-19-6-5-7-22-16(19)2)26-11-17(18(12-26)13-27)10-25-8-3-4-9-25/h5-7,14,17-18,27H,3-4,8-13H2,1-2H3/t17-,18-/m1/s1. The van der Waals surface area contributed by atoms with Gasteiger partial charge in [-0.15, -0.1) is 0 Å². The third kappa shape index (κ3) is 3.95. The van der Waals surface area contributed by atoms with E-state index in [0.29, 0.717) is 17.5 Å². The minimum absolute atomic E-state index is 0.220. The Kier molecular flexibility index (Phi) is 5.73. The fourth-order valence-corrected chi connectivity index (χ4v) is 4.35. The van der Waals surface area contributed by atoms with E-state index in [1.807, 2.05) is 26.0 Å². The number of rotatable bonds is 6. The van der Waals surface area contributed by atoms with Gasteiger partial charge in [-0.2, -0.15) is 0 Å². The van der Waals surface area contributed by atoms with Gasteiger partial charge in [0.15, 0.2) is 5.75 Å². The number of aliphatic hydroxyl groups is 1. The first-order valence-corrected chi connectivity index (χ1v) is 10.1. The molecule has 2 aromatic heterocycles. The second kappa shape index (κ2) is 8.41. The van der Waals surface area contributed by atoms with Crippen LogP contribution < -0.4 is 9.64 Å². The third-order valence-corrected chi connectivity index (χ3v) is 5.98. The molecule has 0 spiro atoms. The molecule has 7 nitrogen and oxygen atoms in total. The van der Waals surface area contributed by atoms with Crippen LogP contribution in [0.15, 0.2) is 24.7 Å². The van der Waals surface area contributed by atoms with Crippen LogP contribution >= 0.6 is 0 Å². The molecule has 4 rings (SSSR count). The maximum atomic E-state index is 9.91. The Morgan fingerprint density at radius 2 is 1.89 bits per heavy atom. The molecule has 4 heterocycles. The van der Waals surface area contributed by atoms with Gasteiger partial charge in [-0.05, 0) is 57.8 Å². The largest absolute Gasteiger partial charge is 0.437 e. The van der Waals surface area contributed by atoms with Crippen LogP contribution in [-0.2, 0) is 0 Å². The van der Waals surface area contributed by atoms with Gasteiger partial charge in [0.1, 0.15) is 12.1 Å². The Morgan fingerprint density at radius 1 is 1.11 bits per heavy atom. The van der Waals surface area contributed by atoms with E-state index in [1.165, 1.54) is 25.9 Å². The Bertz CT molecular complexity index is 809. The summed E-state index contributed by atoms with van der Waals surface area (Å²) in [5.74, 6) is 2.90. The molecule has 2 aromatic rings. The zero-order valence-corrected chi connectivity index (χ0v) is 16.7. The van der Waals surface area contributed by atoms with E-state index in [9.17, 15) is 5.11 Å². The van der Waals surface area contributed by atoms with Crippen LogP contribution in [0.3, 0.4) is 0 Å². The summed E-state index contributed by atoms with van der Waals surface area (Å²) in [5, 5.41) is 9.91. The van der Waals surface area contributed by atoms with E-state index >= 15 is 0 Å². The quantitative estimate of drug-likeness (QED) is 0.821. The van der Waals surface area contributed by atoms with Crippen molar-refractivity contribution >= 4 is 5.82 Å². The summed E-state index contributed by atoms with van der Waals surface area (Å²) in [4.78, 5) is 18.0. The molecule has 1 N–H and O–H groups in total. The number of anilines is 1. The molecule has 0 amide bonds. The van der Waals surface area contributed by atoms with Crippen molar-refractivity contribution in [2.75, 3.05) is 44.2 Å². The molecule has 2 aliphatic heterocycles. The van der Waals surface area contributed by atoms with Crippen molar-refractivity contribution in [3.8, 4) is 11.6 Å². The van der Waals surface area contributed by atoms with Crippen molar-refractivity contribution in [3.63, 3.8) is 0 Å². The van der Waals surface area contributed by atoms with Gasteiger partial charge >= 0.3 is 0 Å². The van der Waals surface area contributed by atoms with Crippen LogP contribution in [0.25, 0.3) is 0 Å². The van der Waals surface area contributed by atoms with Crippen LogP contribution in [0.5, 0.6) is 11.6 Å². The molecule has 2 fully saturated rings. The smallest absolute Gasteiger partial charge is 0.227 e. The fourth-order valence-electron chi connectivity index (χ4n) is 4.35. The van der Waals surface area contributed by atoms with Gasteiger partial charge in [-0.3, -0.25) is 4.98 Å². The molecular formula is C21H29N5O2. The lowest BCUT2D eigenvalue weighted by Crippen LogP contribution is -2.32. The molecule has 2 saturated heterocycles. The van der Waals surface area contributed by atoms with Crippen molar-refractivity contribution < 1.29 is 9.84 Å². The van der Waals surface area contributed by atoms with Gasteiger partial charge in [-0.25, -0.2) is 9.97 Å². The van der Waals surface area contributed by atoms with Crippen LogP contribution in [-0.4, -0.2) is 64.3 Å². The molecule has 0 bridgehead atoms. The number of aromatic nitrogens is 3. The highest BCUT2D eigenvalue weighted by atomic mass is 16.5. The average Bonchev–Trinajstić information content (AvgIpc) is 3.35.